The summed E-state index contributed by atoms with van der Waals surface area (Å²) >= 11 is 0. The third kappa shape index (κ3) is 4.28. The molecule has 0 fully saturated rings. The maximum absolute atomic E-state index is 12.8. The van der Waals surface area contributed by atoms with E-state index in [2.05, 4.69) is 36.3 Å². The summed E-state index contributed by atoms with van der Waals surface area (Å²) in [7, 11) is 1.63. The lowest BCUT2D eigenvalue weighted by atomic mass is 9.87. The third-order valence-electron chi connectivity index (χ3n) is 5.29. The number of anilines is 1. The Kier molecular flexibility index (Phi) is 5.23. The molecule has 0 aliphatic rings. The summed E-state index contributed by atoms with van der Waals surface area (Å²) in [6, 6.07) is 19.1. The summed E-state index contributed by atoms with van der Waals surface area (Å²) in [5.74, 6) is 0.627. The number of amides is 1. The van der Waals surface area contributed by atoms with E-state index in [9.17, 15) is 4.79 Å². The first kappa shape index (κ1) is 20.6. The first-order valence-corrected chi connectivity index (χ1v) is 10.2. The predicted octanol–water partition coefficient (Wildman–Crippen LogP) is 5.29. The Morgan fingerprint density at radius 2 is 1.55 bits per heavy atom. The highest BCUT2D eigenvalue weighted by atomic mass is 16.5. The van der Waals surface area contributed by atoms with Crippen molar-refractivity contribution in [3.63, 3.8) is 0 Å². The molecule has 0 atom stereocenters. The Morgan fingerprint density at radius 3 is 2.13 bits per heavy atom. The second-order valence-corrected chi connectivity index (χ2v) is 8.62. The van der Waals surface area contributed by atoms with Gasteiger partial charge in [-0.15, -0.1) is 10.2 Å². The van der Waals surface area contributed by atoms with E-state index in [1.54, 1.807) is 11.9 Å². The minimum absolute atomic E-state index is 0.0480. The Balaban J connectivity index is 1.59. The molecule has 0 aliphatic carbocycles. The van der Waals surface area contributed by atoms with Crippen LogP contribution in [0.2, 0.25) is 0 Å². The van der Waals surface area contributed by atoms with Crippen LogP contribution in [0, 0.1) is 6.92 Å². The van der Waals surface area contributed by atoms with Gasteiger partial charge in [0.05, 0.1) is 12.8 Å². The van der Waals surface area contributed by atoms with Gasteiger partial charge < -0.3 is 10.1 Å². The highest BCUT2D eigenvalue weighted by Crippen LogP contribution is 2.25. The van der Waals surface area contributed by atoms with Gasteiger partial charge in [-0.1, -0.05) is 32.9 Å². The van der Waals surface area contributed by atoms with Crippen molar-refractivity contribution in [3.05, 3.63) is 77.4 Å². The molecule has 6 nitrogen and oxygen atoms in total. The van der Waals surface area contributed by atoms with Gasteiger partial charge in [0, 0.05) is 11.3 Å². The van der Waals surface area contributed by atoms with Gasteiger partial charge in [-0.25, -0.2) is 0 Å². The van der Waals surface area contributed by atoms with Crippen molar-refractivity contribution < 1.29 is 9.53 Å². The smallest absolute Gasteiger partial charge is 0.255 e. The molecule has 0 saturated heterocycles. The number of hydrogen-bond acceptors (Lipinski definition) is 4. The average molecular weight is 415 g/mol. The number of carbonyl (C=O) groups excluding carboxylic acids is 1. The van der Waals surface area contributed by atoms with E-state index in [-0.39, 0.29) is 11.3 Å². The highest BCUT2D eigenvalue weighted by molar-refractivity contribution is 6.05. The number of methoxy groups -OCH3 is 1. The van der Waals surface area contributed by atoms with Gasteiger partial charge >= 0.3 is 0 Å². The van der Waals surface area contributed by atoms with Gasteiger partial charge in [0.2, 0.25) is 0 Å². The molecule has 0 radical (unpaired) electrons. The molecule has 0 bridgehead atoms. The molecule has 0 saturated carbocycles. The molecule has 3 aromatic carbocycles. The van der Waals surface area contributed by atoms with Gasteiger partial charge in [-0.2, -0.15) is 4.80 Å². The number of carbonyl (C=O) groups is 1. The number of nitrogens with zero attached hydrogens (tertiary/aromatic N) is 3. The van der Waals surface area contributed by atoms with Gasteiger partial charge in [-0.05, 0) is 72.0 Å². The van der Waals surface area contributed by atoms with Crippen molar-refractivity contribution in [2.24, 2.45) is 0 Å². The lowest BCUT2D eigenvalue weighted by Crippen LogP contribution is -2.14. The van der Waals surface area contributed by atoms with Crippen LogP contribution in [-0.2, 0) is 5.41 Å². The van der Waals surface area contributed by atoms with Gasteiger partial charge in [0.25, 0.3) is 5.91 Å². The predicted molar refractivity (Wildman–Crippen MR) is 123 cm³/mol. The average Bonchev–Trinajstić information content (AvgIpc) is 3.16. The number of aryl methyl sites for hydroxylation is 1. The molecule has 4 aromatic rings. The van der Waals surface area contributed by atoms with Crippen LogP contribution in [0.15, 0.2) is 60.7 Å². The lowest BCUT2D eigenvalue weighted by molar-refractivity contribution is 0.102. The van der Waals surface area contributed by atoms with E-state index < -0.39 is 0 Å². The molecule has 1 aromatic heterocycles. The molecule has 0 unspecified atom stereocenters. The first-order valence-electron chi connectivity index (χ1n) is 10.2. The number of nitrogens with one attached hydrogen (secondary N) is 1. The number of aromatic nitrogens is 3. The van der Waals surface area contributed by atoms with Crippen LogP contribution in [0.1, 0.15) is 42.3 Å². The van der Waals surface area contributed by atoms with Crippen LogP contribution in [-0.4, -0.2) is 28.0 Å². The fourth-order valence-electron chi connectivity index (χ4n) is 3.35. The molecule has 6 heteroatoms. The molecular weight excluding hydrogens is 388 g/mol. The number of ether oxygens (including phenoxy) is 1. The molecule has 0 aliphatic heterocycles. The van der Waals surface area contributed by atoms with E-state index in [1.807, 2.05) is 67.6 Å². The summed E-state index contributed by atoms with van der Waals surface area (Å²) in [5.41, 5.74) is 5.81. The number of benzene rings is 3. The molecule has 1 heterocycles. The quantitative estimate of drug-likeness (QED) is 0.493. The van der Waals surface area contributed by atoms with Crippen molar-refractivity contribution in [2.45, 2.75) is 33.1 Å². The van der Waals surface area contributed by atoms with Crippen LogP contribution < -0.4 is 10.1 Å². The van der Waals surface area contributed by atoms with Crippen molar-refractivity contribution in [1.29, 1.82) is 0 Å². The summed E-state index contributed by atoms with van der Waals surface area (Å²) in [4.78, 5) is 14.4. The normalized spacial score (nSPS) is 11.5. The SMILES string of the molecule is COc1ccc(-n2nc3cc(C)c(NC(=O)c4ccc(C(C)(C)C)cc4)cc3n2)cc1. The van der Waals surface area contributed by atoms with Crippen molar-refractivity contribution in [3.8, 4) is 11.4 Å². The second-order valence-electron chi connectivity index (χ2n) is 8.62. The zero-order chi connectivity index (χ0) is 22.2. The molecule has 4 rings (SSSR count). The Bertz CT molecular complexity index is 1230. The second kappa shape index (κ2) is 7.87. The largest absolute Gasteiger partial charge is 0.497 e. The maximum atomic E-state index is 12.8. The minimum atomic E-state index is -0.148. The fourth-order valence-corrected chi connectivity index (χ4v) is 3.35. The summed E-state index contributed by atoms with van der Waals surface area (Å²) in [6.07, 6.45) is 0. The first-order chi connectivity index (χ1) is 14.7. The van der Waals surface area contributed by atoms with Crippen molar-refractivity contribution in [1.82, 2.24) is 15.0 Å². The summed E-state index contributed by atoms with van der Waals surface area (Å²) in [6.45, 7) is 8.41. The lowest BCUT2D eigenvalue weighted by Gasteiger charge is -2.19. The number of hydrogen-bond donors (Lipinski definition) is 1. The summed E-state index contributed by atoms with van der Waals surface area (Å²) in [5, 5.41) is 12.1. The number of fused-ring (bicyclic) bond motifs is 1. The maximum Gasteiger partial charge on any atom is 0.255 e. The minimum Gasteiger partial charge on any atom is -0.497 e. The van der Waals surface area contributed by atoms with Gasteiger partial charge in [0.15, 0.2) is 0 Å². The Labute approximate surface area is 181 Å². The van der Waals surface area contributed by atoms with Crippen molar-refractivity contribution >= 4 is 22.6 Å². The van der Waals surface area contributed by atoms with E-state index in [0.29, 0.717) is 11.1 Å². The van der Waals surface area contributed by atoms with Crippen molar-refractivity contribution in [2.75, 3.05) is 12.4 Å². The van der Waals surface area contributed by atoms with Gasteiger partial charge in [0.1, 0.15) is 16.8 Å². The third-order valence-corrected chi connectivity index (χ3v) is 5.29. The Hall–Kier alpha value is -3.67. The zero-order valence-electron chi connectivity index (χ0n) is 18.4. The van der Waals surface area contributed by atoms with Gasteiger partial charge in [-0.3, -0.25) is 4.79 Å². The van der Waals surface area contributed by atoms with E-state index in [1.165, 1.54) is 5.56 Å². The van der Waals surface area contributed by atoms with Crippen LogP contribution in [0.5, 0.6) is 5.75 Å². The molecule has 1 N–H and O–H groups in total. The molecule has 158 valence electrons. The fraction of sp³-hybridized carbons (Fsp3) is 0.240. The Morgan fingerprint density at radius 1 is 0.935 bits per heavy atom. The standard InChI is InChI=1S/C25H26N4O2/c1-16-14-22-23(28-29(27-22)19-10-12-20(31-5)13-11-19)15-21(16)26-24(30)17-6-8-18(9-7-17)25(2,3)4/h6-15H,1-5H3,(H,26,30). The monoisotopic (exact) mass is 414 g/mol. The summed E-state index contributed by atoms with van der Waals surface area (Å²) < 4.78 is 5.20. The molecule has 31 heavy (non-hydrogen) atoms. The highest BCUT2D eigenvalue weighted by Gasteiger charge is 2.15. The zero-order valence-corrected chi connectivity index (χ0v) is 18.4. The van der Waals surface area contributed by atoms with Crippen LogP contribution in [0.4, 0.5) is 5.69 Å². The molecular formula is C25H26N4O2. The number of rotatable bonds is 4. The van der Waals surface area contributed by atoms with E-state index in [0.717, 1.165) is 28.2 Å². The van der Waals surface area contributed by atoms with E-state index in [4.69, 9.17) is 4.74 Å². The van der Waals surface area contributed by atoms with Crippen LogP contribution in [0.3, 0.4) is 0 Å². The van der Waals surface area contributed by atoms with Crippen LogP contribution >= 0.6 is 0 Å². The topological polar surface area (TPSA) is 69.0 Å². The molecule has 0 spiro atoms. The van der Waals surface area contributed by atoms with E-state index >= 15 is 0 Å². The van der Waals surface area contributed by atoms with Crippen LogP contribution in [0.25, 0.3) is 16.7 Å². The molecule has 1 amide bonds.